The monoisotopic (exact) mass is 467 g/mol. The molecule has 1 aliphatic carbocycles. The maximum absolute atomic E-state index is 14.7. The molecule has 3 heterocycles. The Hall–Kier alpha value is -3.23. The van der Waals surface area contributed by atoms with Crippen molar-refractivity contribution >= 4 is 17.5 Å². The van der Waals surface area contributed by atoms with Crippen molar-refractivity contribution in [3.8, 4) is 0 Å². The van der Waals surface area contributed by atoms with Crippen molar-refractivity contribution in [1.82, 2.24) is 20.0 Å². The zero-order valence-corrected chi connectivity index (χ0v) is 19.2. The normalized spacial score (nSPS) is 18.5. The van der Waals surface area contributed by atoms with E-state index in [-0.39, 0.29) is 28.9 Å². The molecule has 0 radical (unpaired) electrons. The van der Waals surface area contributed by atoms with E-state index >= 15 is 0 Å². The van der Waals surface area contributed by atoms with Crippen LogP contribution in [0.1, 0.15) is 59.3 Å². The number of H-pyrrole nitrogens is 1. The molecule has 2 N–H and O–H groups in total. The van der Waals surface area contributed by atoms with Gasteiger partial charge in [0.05, 0.1) is 16.9 Å². The second-order valence-corrected chi connectivity index (χ2v) is 9.47. The number of aromatic amines is 1. The van der Waals surface area contributed by atoms with Crippen LogP contribution in [0.2, 0.25) is 0 Å². The van der Waals surface area contributed by atoms with Gasteiger partial charge in [-0.1, -0.05) is 18.9 Å². The number of amides is 2. The molecule has 5 rings (SSSR count). The molecule has 3 aliphatic rings. The lowest BCUT2D eigenvalue weighted by Gasteiger charge is -2.36. The van der Waals surface area contributed by atoms with Crippen molar-refractivity contribution in [3.63, 3.8) is 0 Å². The van der Waals surface area contributed by atoms with Gasteiger partial charge >= 0.3 is 0 Å². The van der Waals surface area contributed by atoms with Gasteiger partial charge in [0, 0.05) is 50.6 Å². The molecule has 0 bridgehead atoms. The van der Waals surface area contributed by atoms with Crippen LogP contribution in [0.5, 0.6) is 0 Å². The van der Waals surface area contributed by atoms with Gasteiger partial charge in [-0.25, -0.2) is 9.49 Å². The summed E-state index contributed by atoms with van der Waals surface area (Å²) in [5.74, 6) is -0.601. The van der Waals surface area contributed by atoms with Gasteiger partial charge in [0.15, 0.2) is 0 Å². The largest absolute Gasteiger partial charge is 0.383 e. The summed E-state index contributed by atoms with van der Waals surface area (Å²) < 4.78 is 14.7. The van der Waals surface area contributed by atoms with Gasteiger partial charge in [-0.2, -0.15) is 5.10 Å². The van der Waals surface area contributed by atoms with Gasteiger partial charge in [0.1, 0.15) is 5.82 Å². The summed E-state index contributed by atoms with van der Waals surface area (Å²) in [6.07, 6.45) is 6.08. The molecule has 1 saturated heterocycles. The highest BCUT2D eigenvalue weighted by Gasteiger charge is 2.31. The first kappa shape index (κ1) is 22.6. The van der Waals surface area contributed by atoms with Crippen LogP contribution in [0.4, 0.5) is 10.1 Å². The first-order valence-electron chi connectivity index (χ1n) is 12.2. The molecule has 9 heteroatoms. The predicted octanol–water partition coefficient (Wildman–Crippen LogP) is 2.33. The van der Waals surface area contributed by atoms with Crippen LogP contribution in [0.25, 0.3) is 0 Å². The zero-order valence-electron chi connectivity index (χ0n) is 19.2. The van der Waals surface area contributed by atoms with E-state index in [9.17, 15) is 18.8 Å². The minimum atomic E-state index is -0.562. The number of benzene rings is 1. The molecule has 0 spiro atoms. The van der Waals surface area contributed by atoms with Crippen LogP contribution in [0.15, 0.2) is 23.0 Å². The van der Waals surface area contributed by atoms with E-state index in [1.807, 2.05) is 4.90 Å². The van der Waals surface area contributed by atoms with Gasteiger partial charge in [-0.3, -0.25) is 14.4 Å². The first-order chi connectivity index (χ1) is 16.5. The summed E-state index contributed by atoms with van der Waals surface area (Å²) >= 11 is 0. The third kappa shape index (κ3) is 4.43. The first-order valence-corrected chi connectivity index (χ1v) is 12.2. The van der Waals surface area contributed by atoms with E-state index in [1.165, 1.54) is 6.07 Å². The van der Waals surface area contributed by atoms with Crippen molar-refractivity contribution in [2.75, 3.05) is 38.0 Å². The molecule has 180 valence electrons. The van der Waals surface area contributed by atoms with Crippen molar-refractivity contribution in [2.45, 2.75) is 44.9 Å². The quantitative estimate of drug-likeness (QED) is 0.719. The fourth-order valence-electron chi connectivity index (χ4n) is 5.35. The van der Waals surface area contributed by atoms with E-state index in [2.05, 4.69) is 15.5 Å². The van der Waals surface area contributed by atoms with Crippen LogP contribution in [0, 0.1) is 11.7 Å². The Labute approximate surface area is 197 Å². The van der Waals surface area contributed by atoms with E-state index in [4.69, 9.17) is 0 Å². The predicted molar refractivity (Wildman–Crippen MR) is 125 cm³/mol. The molecular weight excluding hydrogens is 437 g/mol. The molecule has 34 heavy (non-hydrogen) atoms. The number of halogens is 1. The minimum absolute atomic E-state index is 0.0271. The molecule has 2 aromatic rings. The van der Waals surface area contributed by atoms with Gasteiger partial charge in [0.25, 0.3) is 11.5 Å². The number of hydrogen-bond donors (Lipinski definition) is 2. The SMILES string of the molecule is O=C(c1cc(Cc2n[nH]c(=O)c3c2NCCC3)ccc1F)N1CCN(C(=O)C2CCCC2)CC1. The van der Waals surface area contributed by atoms with Crippen molar-refractivity contribution in [3.05, 3.63) is 56.8 Å². The van der Waals surface area contributed by atoms with Crippen molar-refractivity contribution < 1.29 is 14.0 Å². The van der Waals surface area contributed by atoms with Crippen molar-refractivity contribution in [2.24, 2.45) is 5.92 Å². The van der Waals surface area contributed by atoms with E-state index < -0.39 is 5.82 Å². The van der Waals surface area contributed by atoms with Gasteiger partial charge in [0.2, 0.25) is 5.91 Å². The lowest BCUT2D eigenvalue weighted by molar-refractivity contribution is -0.136. The molecule has 8 nitrogen and oxygen atoms in total. The topological polar surface area (TPSA) is 98.4 Å². The average Bonchev–Trinajstić information content (AvgIpc) is 3.41. The molecule has 1 aromatic heterocycles. The van der Waals surface area contributed by atoms with E-state index in [0.29, 0.717) is 50.3 Å². The minimum Gasteiger partial charge on any atom is -0.383 e. The maximum atomic E-state index is 14.7. The smallest absolute Gasteiger partial charge is 0.269 e. The third-order valence-corrected chi connectivity index (χ3v) is 7.28. The fraction of sp³-hybridized carbons (Fsp3) is 0.520. The summed E-state index contributed by atoms with van der Waals surface area (Å²) in [6.45, 7) is 2.55. The highest BCUT2D eigenvalue weighted by Crippen LogP contribution is 2.27. The lowest BCUT2D eigenvalue weighted by atomic mass is 9.99. The zero-order chi connectivity index (χ0) is 23.7. The Bertz CT molecular complexity index is 1150. The van der Waals surface area contributed by atoms with Crippen LogP contribution in [0.3, 0.4) is 0 Å². The summed E-state index contributed by atoms with van der Waals surface area (Å²) in [5.41, 5.74) is 2.70. The number of piperazine rings is 1. The molecule has 0 unspecified atom stereocenters. The Balaban J connectivity index is 1.28. The second-order valence-electron chi connectivity index (χ2n) is 9.47. The van der Waals surface area contributed by atoms with Crippen LogP contribution in [-0.4, -0.2) is 64.5 Å². The van der Waals surface area contributed by atoms with E-state index in [1.54, 1.807) is 17.0 Å². The summed E-state index contributed by atoms with van der Waals surface area (Å²) in [4.78, 5) is 41.4. The highest BCUT2D eigenvalue weighted by atomic mass is 19.1. The summed E-state index contributed by atoms with van der Waals surface area (Å²) in [7, 11) is 0. The fourth-order valence-corrected chi connectivity index (χ4v) is 5.35. The third-order valence-electron chi connectivity index (χ3n) is 7.28. The Morgan fingerprint density at radius 2 is 1.79 bits per heavy atom. The molecule has 2 aliphatic heterocycles. The Morgan fingerprint density at radius 3 is 2.56 bits per heavy atom. The van der Waals surface area contributed by atoms with Gasteiger partial charge < -0.3 is 15.1 Å². The Morgan fingerprint density at radius 1 is 1.06 bits per heavy atom. The van der Waals surface area contributed by atoms with Gasteiger partial charge in [-0.05, 0) is 43.4 Å². The number of carbonyl (C=O) groups excluding carboxylic acids is 2. The molecule has 2 fully saturated rings. The number of carbonyl (C=O) groups is 2. The summed E-state index contributed by atoms with van der Waals surface area (Å²) in [5, 5.41) is 10.0. The number of rotatable bonds is 4. The van der Waals surface area contributed by atoms with Crippen LogP contribution >= 0.6 is 0 Å². The molecule has 1 aromatic carbocycles. The number of hydrogen-bond acceptors (Lipinski definition) is 5. The summed E-state index contributed by atoms with van der Waals surface area (Å²) in [6, 6.07) is 4.54. The molecule has 1 saturated carbocycles. The second kappa shape index (κ2) is 9.56. The number of fused-ring (bicyclic) bond motifs is 1. The molecule has 2 amide bonds. The van der Waals surface area contributed by atoms with Crippen LogP contribution in [-0.2, 0) is 17.6 Å². The number of nitrogens with one attached hydrogen (secondary N) is 2. The number of nitrogens with zero attached hydrogens (tertiary/aromatic N) is 3. The van der Waals surface area contributed by atoms with Crippen LogP contribution < -0.4 is 10.9 Å². The average molecular weight is 468 g/mol. The highest BCUT2D eigenvalue weighted by molar-refractivity contribution is 5.95. The van der Waals surface area contributed by atoms with Crippen molar-refractivity contribution in [1.29, 1.82) is 0 Å². The number of aromatic nitrogens is 2. The molecule has 0 atom stereocenters. The number of anilines is 1. The van der Waals surface area contributed by atoms with Gasteiger partial charge in [-0.15, -0.1) is 0 Å². The van der Waals surface area contributed by atoms with E-state index in [0.717, 1.165) is 49.9 Å². The standard InChI is InChI=1S/C25H30FN5O3/c26-20-8-7-16(15-21-22-18(6-3-9-27-22)23(32)29-28-21)14-19(20)25(34)31-12-10-30(11-13-31)24(33)17-4-1-2-5-17/h7-8,14,17,27H,1-6,9-13,15H2,(H,29,32). The maximum Gasteiger partial charge on any atom is 0.269 e. The molecular formula is C25H30FN5O3. The Kier molecular flexibility index (Phi) is 6.34. The lowest BCUT2D eigenvalue weighted by Crippen LogP contribution is -2.51.